The minimum Gasteiger partial charge on any atom is -0.402 e. The molecule has 6 nitrogen and oxygen atoms in total. The fourth-order valence-corrected chi connectivity index (χ4v) is 3.48. The summed E-state index contributed by atoms with van der Waals surface area (Å²) in [6.07, 6.45) is 1.60. The Kier molecular flexibility index (Phi) is 4.29. The third-order valence-electron chi connectivity index (χ3n) is 2.88. The molecule has 2 aromatic rings. The number of hydrogen-bond acceptors (Lipinski definition) is 6. The number of carbonyl (C=O) groups is 1. The fraction of sp³-hybridized carbons (Fsp3) is 0. The van der Waals surface area contributed by atoms with Gasteiger partial charge in [0.2, 0.25) is 5.90 Å². The Morgan fingerprint density at radius 3 is 2.78 bits per heavy atom. The van der Waals surface area contributed by atoms with Gasteiger partial charge in [0.1, 0.15) is 0 Å². The molecule has 1 aliphatic rings. The van der Waals surface area contributed by atoms with Gasteiger partial charge >= 0.3 is 5.97 Å². The molecule has 0 radical (unpaired) electrons. The molecule has 3 rings (SSSR count). The highest BCUT2D eigenvalue weighted by atomic mass is 79.9. The highest BCUT2D eigenvalue weighted by Gasteiger charge is 2.26. The van der Waals surface area contributed by atoms with Gasteiger partial charge in [0, 0.05) is 26.9 Å². The number of non-ortho nitro benzene ring substituents is 1. The first-order valence-electron chi connectivity index (χ1n) is 6.15. The lowest BCUT2D eigenvalue weighted by molar-refractivity contribution is -0.384. The van der Waals surface area contributed by atoms with E-state index >= 15 is 0 Å². The maximum absolute atomic E-state index is 11.9. The number of hydrogen-bond donors (Lipinski definition) is 0. The number of cyclic esters (lactones) is 1. The number of carbonyl (C=O) groups excluding carboxylic acids is 1. The number of nitrogens with zero attached hydrogens (tertiary/aromatic N) is 2. The van der Waals surface area contributed by atoms with Gasteiger partial charge in [0.15, 0.2) is 5.70 Å². The lowest BCUT2D eigenvalue weighted by atomic mass is 10.2. The molecular formula is C14H6BrClN2O4S. The molecular weight excluding hydrogens is 408 g/mol. The van der Waals surface area contributed by atoms with E-state index in [9.17, 15) is 14.9 Å². The number of rotatable bonds is 3. The third-order valence-corrected chi connectivity index (χ3v) is 4.83. The summed E-state index contributed by atoms with van der Waals surface area (Å²) >= 11 is 10.8. The molecule has 9 heteroatoms. The first-order chi connectivity index (χ1) is 10.9. The van der Waals surface area contributed by atoms with Crippen LogP contribution in [0.15, 0.2) is 44.8 Å². The van der Waals surface area contributed by atoms with Crippen molar-refractivity contribution in [1.29, 1.82) is 0 Å². The average molecular weight is 414 g/mol. The molecule has 0 saturated carbocycles. The number of esters is 1. The summed E-state index contributed by atoms with van der Waals surface area (Å²) in [7, 11) is 0. The summed E-state index contributed by atoms with van der Waals surface area (Å²) in [5.74, 6) is -0.573. The van der Waals surface area contributed by atoms with Crippen LogP contribution in [0.25, 0.3) is 6.08 Å². The van der Waals surface area contributed by atoms with Crippen LogP contribution >= 0.6 is 38.9 Å². The van der Waals surface area contributed by atoms with E-state index in [1.54, 1.807) is 6.08 Å². The summed E-state index contributed by atoms with van der Waals surface area (Å²) in [5, 5.41) is 12.7. The van der Waals surface area contributed by atoms with Gasteiger partial charge in [-0.25, -0.2) is 9.79 Å². The maximum atomic E-state index is 11.9. The van der Waals surface area contributed by atoms with Crippen LogP contribution in [0, 0.1) is 10.1 Å². The Bertz CT molecular complexity index is 891. The molecule has 0 N–H and O–H groups in total. The monoisotopic (exact) mass is 412 g/mol. The number of benzene rings is 1. The number of aliphatic imine (C=N–C) groups is 1. The van der Waals surface area contributed by atoms with Crippen molar-refractivity contribution >= 4 is 62.5 Å². The molecule has 0 fully saturated rings. The fourth-order valence-electron chi connectivity index (χ4n) is 1.85. The van der Waals surface area contributed by atoms with Crippen molar-refractivity contribution in [3.8, 4) is 0 Å². The third kappa shape index (κ3) is 3.34. The van der Waals surface area contributed by atoms with Crippen molar-refractivity contribution in [2.24, 2.45) is 4.99 Å². The second-order valence-corrected chi connectivity index (χ2v) is 6.69. The van der Waals surface area contributed by atoms with Gasteiger partial charge < -0.3 is 4.74 Å². The van der Waals surface area contributed by atoms with Crippen LogP contribution in [0.1, 0.15) is 10.4 Å². The van der Waals surface area contributed by atoms with Crippen molar-refractivity contribution in [3.05, 3.63) is 65.4 Å². The van der Waals surface area contributed by atoms with E-state index in [0.717, 1.165) is 9.35 Å². The van der Waals surface area contributed by atoms with Crippen LogP contribution in [-0.4, -0.2) is 16.8 Å². The zero-order valence-electron chi connectivity index (χ0n) is 11.2. The van der Waals surface area contributed by atoms with E-state index < -0.39 is 10.9 Å². The molecule has 0 spiro atoms. The van der Waals surface area contributed by atoms with Crippen LogP contribution in [0.3, 0.4) is 0 Å². The molecule has 0 amide bonds. The van der Waals surface area contributed by atoms with E-state index in [2.05, 4.69) is 20.9 Å². The molecule has 0 aliphatic carbocycles. The molecule has 0 unspecified atom stereocenters. The standard InChI is InChI=1S/C14H6BrClN2O4S/c15-7-3-9(23-6-7)5-12-14(19)22-13(17-12)10-2-1-8(18(20)21)4-11(10)16/h1-6H. The molecule has 1 aromatic carbocycles. The number of thiophene rings is 1. The Labute approximate surface area is 147 Å². The van der Waals surface area contributed by atoms with Gasteiger partial charge in [-0.15, -0.1) is 11.3 Å². The number of ether oxygens (including phenoxy) is 1. The molecule has 116 valence electrons. The minimum atomic E-state index is -0.598. The van der Waals surface area contributed by atoms with E-state index in [1.165, 1.54) is 29.5 Å². The molecule has 1 aliphatic heterocycles. The van der Waals surface area contributed by atoms with Gasteiger partial charge in [0.05, 0.1) is 15.5 Å². The van der Waals surface area contributed by atoms with Gasteiger partial charge in [-0.05, 0) is 34.1 Å². The van der Waals surface area contributed by atoms with Crippen molar-refractivity contribution in [3.63, 3.8) is 0 Å². The number of nitro benzene ring substituents is 1. The van der Waals surface area contributed by atoms with Crippen LogP contribution in [0.5, 0.6) is 0 Å². The van der Waals surface area contributed by atoms with Crippen LogP contribution in [0.4, 0.5) is 5.69 Å². The van der Waals surface area contributed by atoms with E-state index in [1.807, 2.05) is 11.4 Å². The Hall–Kier alpha value is -2.03. The van der Waals surface area contributed by atoms with Gasteiger partial charge in [-0.2, -0.15) is 0 Å². The highest BCUT2D eigenvalue weighted by molar-refractivity contribution is 9.10. The second kappa shape index (κ2) is 6.23. The summed E-state index contributed by atoms with van der Waals surface area (Å²) in [6.45, 7) is 0. The predicted octanol–water partition coefficient (Wildman–Crippen LogP) is 4.42. The van der Waals surface area contributed by atoms with Crippen molar-refractivity contribution in [1.82, 2.24) is 0 Å². The van der Waals surface area contributed by atoms with Crippen LogP contribution < -0.4 is 0 Å². The van der Waals surface area contributed by atoms with Crippen molar-refractivity contribution in [2.45, 2.75) is 0 Å². The topological polar surface area (TPSA) is 81.8 Å². The summed E-state index contributed by atoms with van der Waals surface area (Å²) in [4.78, 5) is 27.0. The SMILES string of the molecule is O=C1OC(c2ccc([N+](=O)[O-])cc2Cl)=NC1=Cc1cc(Br)cs1. The Balaban J connectivity index is 1.95. The first kappa shape index (κ1) is 15.9. The maximum Gasteiger partial charge on any atom is 0.363 e. The van der Waals surface area contributed by atoms with Crippen molar-refractivity contribution < 1.29 is 14.5 Å². The number of halogens is 2. The Morgan fingerprint density at radius 1 is 1.39 bits per heavy atom. The number of nitro groups is 1. The van der Waals surface area contributed by atoms with Gasteiger partial charge in [-0.3, -0.25) is 10.1 Å². The zero-order chi connectivity index (χ0) is 16.6. The van der Waals surface area contributed by atoms with Crippen LogP contribution in [0.2, 0.25) is 5.02 Å². The quantitative estimate of drug-likeness (QED) is 0.323. The summed E-state index contributed by atoms with van der Waals surface area (Å²) in [6, 6.07) is 5.70. The largest absolute Gasteiger partial charge is 0.402 e. The lowest BCUT2D eigenvalue weighted by Gasteiger charge is -2.02. The average Bonchev–Trinajstić information content (AvgIpc) is 3.06. The van der Waals surface area contributed by atoms with Crippen LogP contribution in [-0.2, 0) is 9.53 Å². The lowest BCUT2D eigenvalue weighted by Crippen LogP contribution is -2.06. The zero-order valence-corrected chi connectivity index (χ0v) is 14.3. The normalized spacial score (nSPS) is 15.7. The molecule has 0 saturated heterocycles. The van der Waals surface area contributed by atoms with E-state index in [0.29, 0.717) is 5.56 Å². The molecule has 23 heavy (non-hydrogen) atoms. The first-order valence-corrected chi connectivity index (χ1v) is 8.20. The van der Waals surface area contributed by atoms with Gasteiger partial charge in [-0.1, -0.05) is 11.6 Å². The van der Waals surface area contributed by atoms with Crippen molar-refractivity contribution in [2.75, 3.05) is 0 Å². The molecule has 0 bridgehead atoms. The smallest absolute Gasteiger partial charge is 0.363 e. The highest BCUT2D eigenvalue weighted by Crippen LogP contribution is 2.28. The van der Waals surface area contributed by atoms with E-state index in [-0.39, 0.29) is 22.3 Å². The Morgan fingerprint density at radius 2 is 2.17 bits per heavy atom. The predicted molar refractivity (Wildman–Crippen MR) is 90.7 cm³/mol. The summed E-state index contributed by atoms with van der Waals surface area (Å²) in [5.41, 5.74) is 0.313. The molecule has 1 aromatic heterocycles. The van der Waals surface area contributed by atoms with E-state index in [4.69, 9.17) is 16.3 Å². The van der Waals surface area contributed by atoms with Gasteiger partial charge in [0.25, 0.3) is 5.69 Å². The minimum absolute atomic E-state index is 0.0248. The summed E-state index contributed by atoms with van der Waals surface area (Å²) < 4.78 is 6.01. The molecule has 2 heterocycles. The second-order valence-electron chi connectivity index (χ2n) is 4.42. The molecule has 0 atom stereocenters.